The lowest BCUT2D eigenvalue weighted by molar-refractivity contribution is -0.384. The zero-order valence-corrected chi connectivity index (χ0v) is 12.4. The molecule has 1 aromatic rings. The smallest absolute Gasteiger partial charge is 0.396 e. The molecule has 0 bridgehead atoms. The van der Waals surface area contributed by atoms with Crippen LogP contribution in [0, 0.1) is 10.1 Å². The number of piperazine rings is 1. The third-order valence-corrected chi connectivity index (χ3v) is 3.84. The van der Waals surface area contributed by atoms with E-state index in [0.717, 1.165) is 12.6 Å². The molecule has 0 unspecified atom stereocenters. The summed E-state index contributed by atoms with van der Waals surface area (Å²) in [7, 11) is 0. The van der Waals surface area contributed by atoms with Crippen molar-refractivity contribution in [2.24, 2.45) is 0 Å². The Morgan fingerprint density at radius 2 is 1.87 bits per heavy atom. The molecule has 1 fully saturated rings. The maximum Gasteiger partial charge on any atom is 0.416 e. The summed E-state index contributed by atoms with van der Waals surface area (Å²) in [4.78, 5) is 14.2. The van der Waals surface area contributed by atoms with Crippen LogP contribution in [0.4, 0.5) is 24.5 Å². The van der Waals surface area contributed by atoms with Crippen LogP contribution in [0.25, 0.3) is 0 Å². The van der Waals surface area contributed by atoms with Crippen molar-refractivity contribution in [2.75, 3.05) is 44.2 Å². The molecule has 1 N–H and O–H groups in total. The van der Waals surface area contributed by atoms with Crippen molar-refractivity contribution in [3.05, 3.63) is 33.9 Å². The van der Waals surface area contributed by atoms with Crippen LogP contribution in [0.3, 0.4) is 0 Å². The number of hydrogen-bond donors (Lipinski definition) is 1. The summed E-state index contributed by atoms with van der Waals surface area (Å²) in [6, 6.07) is 2.64. The Morgan fingerprint density at radius 3 is 2.39 bits per heavy atom. The summed E-state index contributed by atoms with van der Waals surface area (Å²) < 4.78 is 38.1. The van der Waals surface area contributed by atoms with E-state index < -0.39 is 22.4 Å². The maximum absolute atomic E-state index is 12.7. The molecule has 0 spiro atoms. The number of nitro benzene ring substituents is 1. The minimum absolute atomic E-state index is 0.102. The molecule has 1 heterocycles. The van der Waals surface area contributed by atoms with Gasteiger partial charge in [0.15, 0.2) is 0 Å². The van der Waals surface area contributed by atoms with Crippen LogP contribution in [-0.2, 0) is 6.18 Å². The zero-order chi connectivity index (χ0) is 17.0. The molecule has 1 saturated heterocycles. The summed E-state index contributed by atoms with van der Waals surface area (Å²) in [5.41, 5.74) is -1.33. The number of anilines is 1. The van der Waals surface area contributed by atoms with Gasteiger partial charge in [-0.3, -0.25) is 15.0 Å². The van der Waals surface area contributed by atoms with Crippen molar-refractivity contribution in [3.8, 4) is 0 Å². The third-order valence-electron chi connectivity index (χ3n) is 3.84. The molecule has 0 aliphatic carbocycles. The molecule has 23 heavy (non-hydrogen) atoms. The number of halogens is 3. The topological polar surface area (TPSA) is 69.9 Å². The van der Waals surface area contributed by atoms with Crippen molar-refractivity contribution in [1.29, 1.82) is 0 Å². The molecule has 1 aliphatic heterocycles. The number of rotatable bonds is 5. The third kappa shape index (κ3) is 4.32. The fraction of sp³-hybridized carbons (Fsp3) is 0.571. The van der Waals surface area contributed by atoms with E-state index >= 15 is 0 Å². The summed E-state index contributed by atoms with van der Waals surface area (Å²) in [5, 5.41) is 19.9. The van der Waals surface area contributed by atoms with Crippen LogP contribution in [0.15, 0.2) is 18.2 Å². The predicted octanol–water partition coefficient (Wildman–Crippen LogP) is 2.12. The second kappa shape index (κ2) is 7.14. The number of nitro groups is 1. The first-order valence-electron chi connectivity index (χ1n) is 7.26. The van der Waals surface area contributed by atoms with E-state index in [1.165, 1.54) is 6.07 Å². The van der Waals surface area contributed by atoms with Crippen molar-refractivity contribution in [1.82, 2.24) is 4.90 Å². The molecule has 0 radical (unpaired) electrons. The van der Waals surface area contributed by atoms with Gasteiger partial charge in [-0.1, -0.05) is 0 Å². The fourth-order valence-electron chi connectivity index (χ4n) is 2.62. The second-order valence-electron chi connectivity index (χ2n) is 5.36. The van der Waals surface area contributed by atoms with Gasteiger partial charge in [0.1, 0.15) is 5.69 Å². The summed E-state index contributed by atoms with van der Waals surface area (Å²) >= 11 is 0. The molecule has 0 aromatic heterocycles. The summed E-state index contributed by atoms with van der Waals surface area (Å²) in [6.45, 7) is 3.13. The Kier molecular flexibility index (Phi) is 5.42. The average molecular weight is 333 g/mol. The van der Waals surface area contributed by atoms with Gasteiger partial charge in [-0.2, -0.15) is 13.2 Å². The fourth-order valence-corrected chi connectivity index (χ4v) is 2.62. The molecule has 9 heteroatoms. The highest BCUT2D eigenvalue weighted by Gasteiger charge is 2.34. The van der Waals surface area contributed by atoms with Gasteiger partial charge in [0.25, 0.3) is 5.69 Å². The lowest BCUT2D eigenvalue weighted by atomic mass is 10.1. The number of alkyl halides is 3. The van der Waals surface area contributed by atoms with Crippen molar-refractivity contribution >= 4 is 11.4 Å². The lowest BCUT2D eigenvalue weighted by Gasteiger charge is -2.35. The maximum atomic E-state index is 12.7. The molecule has 128 valence electrons. The van der Waals surface area contributed by atoms with Crippen LogP contribution in [0.1, 0.15) is 12.0 Å². The predicted molar refractivity (Wildman–Crippen MR) is 78.5 cm³/mol. The normalized spacial score (nSPS) is 16.6. The summed E-state index contributed by atoms with van der Waals surface area (Å²) in [6.07, 6.45) is -3.95. The largest absolute Gasteiger partial charge is 0.416 e. The Bertz CT molecular complexity index is 558. The van der Waals surface area contributed by atoms with Gasteiger partial charge in [0, 0.05) is 45.4 Å². The molecular weight excluding hydrogens is 315 g/mol. The number of aliphatic hydroxyl groups excluding tert-OH is 1. The minimum atomic E-state index is -4.60. The van der Waals surface area contributed by atoms with Crippen LogP contribution in [0.2, 0.25) is 0 Å². The number of aliphatic hydroxyl groups is 1. The van der Waals surface area contributed by atoms with Crippen LogP contribution in [-0.4, -0.2) is 54.3 Å². The monoisotopic (exact) mass is 333 g/mol. The lowest BCUT2D eigenvalue weighted by Crippen LogP contribution is -2.46. The average Bonchev–Trinajstić information content (AvgIpc) is 2.52. The van der Waals surface area contributed by atoms with Gasteiger partial charge in [-0.25, -0.2) is 0 Å². The van der Waals surface area contributed by atoms with E-state index in [4.69, 9.17) is 5.11 Å². The molecule has 1 aromatic carbocycles. The molecule has 0 amide bonds. The molecule has 1 aliphatic rings. The first kappa shape index (κ1) is 17.5. The first-order valence-corrected chi connectivity index (χ1v) is 7.26. The highest BCUT2D eigenvalue weighted by molar-refractivity contribution is 5.65. The van der Waals surface area contributed by atoms with E-state index in [9.17, 15) is 23.3 Å². The second-order valence-corrected chi connectivity index (χ2v) is 5.36. The Hall–Kier alpha value is -1.87. The molecule has 2 rings (SSSR count). The number of nitrogens with zero attached hydrogens (tertiary/aromatic N) is 3. The minimum Gasteiger partial charge on any atom is -0.396 e. The quantitative estimate of drug-likeness (QED) is 0.660. The van der Waals surface area contributed by atoms with E-state index in [1.54, 1.807) is 4.90 Å². The van der Waals surface area contributed by atoms with Crippen LogP contribution >= 0.6 is 0 Å². The Labute approximate surface area is 131 Å². The standard InChI is InChI=1S/C14H18F3N3O3/c15-14(16,17)11-2-3-12(13(10-11)20(22)23)19-7-5-18(6-8-19)4-1-9-21/h2-3,10,21H,1,4-9H2. The van der Waals surface area contributed by atoms with Gasteiger partial charge in [-0.05, 0) is 18.6 Å². The van der Waals surface area contributed by atoms with Crippen LogP contribution in [0.5, 0.6) is 0 Å². The van der Waals surface area contributed by atoms with Gasteiger partial charge in [-0.15, -0.1) is 0 Å². The highest BCUT2D eigenvalue weighted by Crippen LogP contribution is 2.36. The van der Waals surface area contributed by atoms with Gasteiger partial charge in [0.2, 0.25) is 0 Å². The number of benzene rings is 1. The molecule has 6 nitrogen and oxygen atoms in total. The summed E-state index contributed by atoms with van der Waals surface area (Å²) in [5.74, 6) is 0. The number of hydrogen-bond acceptors (Lipinski definition) is 5. The van der Waals surface area contributed by atoms with E-state index in [0.29, 0.717) is 38.7 Å². The van der Waals surface area contributed by atoms with Gasteiger partial charge < -0.3 is 10.0 Å². The zero-order valence-electron chi connectivity index (χ0n) is 12.4. The Balaban J connectivity index is 2.15. The van der Waals surface area contributed by atoms with Gasteiger partial charge in [0.05, 0.1) is 10.5 Å². The highest BCUT2D eigenvalue weighted by atomic mass is 19.4. The van der Waals surface area contributed by atoms with Crippen molar-refractivity contribution in [3.63, 3.8) is 0 Å². The van der Waals surface area contributed by atoms with Crippen molar-refractivity contribution in [2.45, 2.75) is 12.6 Å². The van der Waals surface area contributed by atoms with E-state index in [1.807, 2.05) is 0 Å². The van der Waals surface area contributed by atoms with Crippen LogP contribution < -0.4 is 4.90 Å². The van der Waals surface area contributed by atoms with Crippen molar-refractivity contribution < 1.29 is 23.2 Å². The SMILES string of the molecule is O=[N+]([O-])c1cc(C(F)(F)F)ccc1N1CCN(CCCO)CC1. The molecule has 0 atom stereocenters. The Morgan fingerprint density at radius 1 is 1.22 bits per heavy atom. The molecule has 0 saturated carbocycles. The van der Waals surface area contributed by atoms with E-state index in [2.05, 4.69) is 4.90 Å². The first-order chi connectivity index (χ1) is 10.8. The molecular formula is C14H18F3N3O3. The van der Waals surface area contributed by atoms with Gasteiger partial charge >= 0.3 is 6.18 Å². The van der Waals surface area contributed by atoms with E-state index in [-0.39, 0.29) is 12.3 Å².